The number of methoxy groups -OCH3 is 1. The van der Waals surface area contributed by atoms with E-state index >= 15 is 0 Å². The lowest BCUT2D eigenvalue weighted by Gasteiger charge is -2.08. The third-order valence-corrected chi connectivity index (χ3v) is 3.96. The van der Waals surface area contributed by atoms with Gasteiger partial charge in [-0.05, 0) is 48.4 Å². The highest BCUT2D eigenvalue weighted by atomic mass is 35.5. The first kappa shape index (κ1) is 17.3. The summed E-state index contributed by atoms with van der Waals surface area (Å²) in [7, 11) is 1.32. The quantitative estimate of drug-likeness (QED) is 0.814. The highest BCUT2D eigenvalue weighted by molar-refractivity contribution is 6.36. The van der Waals surface area contributed by atoms with Crippen LogP contribution in [0.4, 0.5) is 5.69 Å². The average Bonchev–Trinajstić information content (AvgIpc) is 2.54. The molecule has 2 aromatic rings. The first-order valence-electron chi connectivity index (χ1n) is 6.92. The van der Waals surface area contributed by atoms with Gasteiger partial charge in [0.15, 0.2) is 0 Å². The first-order valence-corrected chi connectivity index (χ1v) is 7.68. The Balaban J connectivity index is 1.93. The van der Waals surface area contributed by atoms with Crippen LogP contribution < -0.4 is 5.32 Å². The number of benzene rings is 2. The highest BCUT2D eigenvalue weighted by Crippen LogP contribution is 2.25. The maximum absolute atomic E-state index is 12.0. The molecule has 0 unspecified atom stereocenters. The molecule has 0 aliphatic carbocycles. The second-order valence-corrected chi connectivity index (χ2v) is 5.63. The summed E-state index contributed by atoms with van der Waals surface area (Å²) >= 11 is 12.1. The van der Waals surface area contributed by atoms with Crippen LogP contribution in [0.2, 0.25) is 10.0 Å². The number of hydrogen-bond donors (Lipinski definition) is 1. The minimum atomic E-state index is -0.420. The molecule has 0 aliphatic rings. The van der Waals surface area contributed by atoms with Crippen molar-refractivity contribution in [2.75, 3.05) is 12.4 Å². The molecular formula is C17H15Cl2NO3. The summed E-state index contributed by atoms with van der Waals surface area (Å²) in [5, 5.41) is 3.86. The van der Waals surface area contributed by atoms with E-state index < -0.39 is 5.97 Å². The molecular weight excluding hydrogens is 337 g/mol. The maximum Gasteiger partial charge on any atom is 0.337 e. The SMILES string of the molecule is COC(=O)c1ccc(NC(=O)CCc2c(Cl)cccc2Cl)cc1. The Kier molecular flexibility index (Phi) is 6.02. The first-order chi connectivity index (χ1) is 11.0. The third kappa shape index (κ3) is 4.71. The molecule has 2 rings (SSSR count). The van der Waals surface area contributed by atoms with Crippen molar-refractivity contribution in [1.29, 1.82) is 0 Å². The smallest absolute Gasteiger partial charge is 0.337 e. The number of halogens is 2. The van der Waals surface area contributed by atoms with Crippen molar-refractivity contribution in [3.05, 3.63) is 63.6 Å². The molecule has 0 aromatic heterocycles. The highest BCUT2D eigenvalue weighted by Gasteiger charge is 2.10. The fourth-order valence-electron chi connectivity index (χ4n) is 2.04. The molecule has 0 spiro atoms. The van der Waals surface area contributed by atoms with Gasteiger partial charge in [-0.15, -0.1) is 0 Å². The van der Waals surface area contributed by atoms with Gasteiger partial charge < -0.3 is 10.1 Å². The normalized spacial score (nSPS) is 10.2. The Labute approximate surface area is 144 Å². The fraction of sp³-hybridized carbons (Fsp3) is 0.176. The van der Waals surface area contributed by atoms with Crippen LogP contribution in [0.1, 0.15) is 22.3 Å². The van der Waals surface area contributed by atoms with Gasteiger partial charge in [-0.2, -0.15) is 0 Å². The maximum atomic E-state index is 12.0. The Morgan fingerprint density at radius 3 is 2.22 bits per heavy atom. The van der Waals surface area contributed by atoms with Crippen molar-refractivity contribution in [3.8, 4) is 0 Å². The van der Waals surface area contributed by atoms with Gasteiger partial charge in [-0.25, -0.2) is 4.79 Å². The van der Waals surface area contributed by atoms with Crippen molar-refractivity contribution in [3.63, 3.8) is 0 Å². The molecule has 0 aliphatic heterocycles. The van der Waals surface area contributed by atoms with Crippen LogP contribution in [0, 0.1) is 0 Å². The van der Waals surface area contributed by atoms with Crippen LogP contribution in [0.5, 0.6) is 0 Å². The Hall–Kier alpha value is -2.04. The number of amides is 1. The van der Waals surface area contributed by atoms with E-state index in [1.807, 2.05) is 0 Å². The van der Waals surface area contributed by atoms with E-state index in [9.17, 15) is 9.59 Å². The van der Waals surface area contributed by atoms with E-state index in [1.165, 1.54) is 7.11 Å². The number of ether oxygens (including phenoxy) is 1. The standard InChI is InChI=1S/C17H15Cl2NO3/c1-23-17(22)11-5-7-12(8-6-11)20-16(21)10-9-13-14(18)3-2-4-15(13)19/h2-8H,9-10H2,1H3,(H,20,21). The summed E-state index contributed by atoms with van der Waals surface area (Å²) in [6, 6.07) is 11.7. The summed E-state index contributed by atoms with van der Waals surface area (Å²) in [5.74, 6) is -0.581. The van der Waals surface area contributed by atoms with Gasteiger partial charge in [0.05, 0.1) is 12.7 Å². The van der Waals surface area contributed by atoms with Crippen LogP contribution in [-0.4, -0.2) is 19.0 Å². The number of hydrogen-bond acceptors (Lipinski definition) is 3. The number of carbonyl (C=O) groups excluding carboxylic acids is 2. The Bertz CT molecular complexity index is 694. The van der Waals surface area contributed by atoms with E-state index in [1.54, 1.807) is 42.5 Å². The Morgan fingerprint density at radius 2 is 1.65 bits per heavy atom. The summed E-state index contributed by atoms with van der Waals surface area (Å²) in [6.45, 7) is 0. The lowest BCUT2D eigenvalue weighted by molar-refractivity contribution is -0.116. The minimum Gasteiger partial charge on any atom is -0.465 e. The summed E-state index contributed by atoms with van der Waals surface area (Å²) in [5.41, 5.74) is 1.79. The van der Waals surface area contributed by atoms with Crippen LogP contribution >= 0.6 is 23.2 Å². The molecule has 0 bridgehead atoms. The fourth-order valence-corrected chi connectivity index (χ4v) is 2.63. The van der Waals surface area contributed by atoms with Gasteiger partial charge in [0.1, 0.15) is 0 Å². The third-order valence-electron chi connectivity index (χ3n) is 3.25. The molecule has 0 atom stereocenters. The monoisotopic (exact) mass is 351 g/mol. The van der Waals surface area contributed by atoms with Crippen LogP contribution in [-0.2, 0) is 16.0 Å². The molecule has 4 nitrogen and oxygen atoms in total. The van der Waals surface area contributed by atoms with Crippen molar-refractivity contribution < 1.29 is 14.3 Å². The summed E-state index contributed by atoms with van der Waals surface area (Å²) in [6.07, 6.45) is 0.701. The van der Waals surface area contributed by atoms with E-state index in [0.29, 0.717) is 27.7 Å². The molecule has 2 aromatic carbocycles. The number of esters is 1. The largest absolute Gasteiger partial charge is 0.465 e. The van der Waals surface area contributed by atoms with Crippen LogP contribution in [0.3, 0.4) is 0 Å². The zero-order valence-corrected chi connectivity index (χ0v) is 13.9. The minimum absolute atomic E-state index is 0.160. The van der Waals surface area contributed by atoms with Crippen molar-refractivity contribution >= 4 is 40.8 Å². The van der Waals surface area contributed by atoms with Gasteiger partial charge in [-0.3, -0.25) is 4.79 Å². The topological polar surface area (TPSA) is 55.4 Å². The molecule has 6 heteroatoms. The molecule has 120 valence electrons. The van der Waals surface area contributed by atoms with Gasteiger partial charge in [0.25, 0.3) is 0 Å². The molecule has 1 amide bonds. The zero-order valence-electron chi connectivity index (χ0n) is 12.4. The predicted octanol–water partition coefficient (Wildman–Crippen LogP) is 4.35. The second kappa shape index (κ2) is 7.99. The molecule has 0 saturated heterocycles. The van der Waals surface area contributed by atoms with E-state index in [2.05, 4.69) is 10.1 Å². The summed E-state index contributed by atoms with van der Waals surface area (Å²) in [4.78, 5) is 23.3. The lowest BCUT2D eigenvalue weighted by Crippen LogP contribution is -2.12. The van der Waals surface area contributed by atoms with Crippen LogP contribution in [0.15, 0.2) is 42.5 Å². The second-order valence-electron chi connectivity index (χ2n) is 4.82. The Morgan fingerprint density at radius 1 is 1.04 bits per heavy atom. The van der Waals surface area contributed by atoms with Crippen molar-refractivity contribution in [2.45, 2.75) is 12.8 Å². The van der Waals surface area contributed by atoms with Gasteiger partial charge in [0, 0.05) is 22.2 Å². The van der Waals surface area contributed by atoms with Crippen LogP contribution in [0.25, 0.3) is 0 Å². The average molecular weight is 352 g/mol. The van der Waals surface area contributed by atoms with Gasteiger partial charge in [0.2, 0.25) is 5.91 Å². The van der Waals surface area contributed by atoms with Crippen molar-refractivity contribution in [2.24, 2.45) is 0 Å². The van der Waals surface area contributed by atoms with Gasteiger partial charge in [-0.1, -0.05) is 29.3 Å². The molecule has 0 saturated carbocycles. The molecule has 0 radical (unpaired) electrons. The van der Waals surface area contributed by atoms with Crippen molar-refractivity contribution in [1.82, 2.24) is 0 Å². The van der Waals surface area contributed by atoms with E-state index in [4.69, 9.17) is 23.2 Å². The number of anilines is 1. The summed E-state index contributed by atoms with van der Waals surface area (Å²) < 4.78 is 4.62. The van der Waals surface area contributed by atoms with E-state index in [0.717, 1.165) is 5.56 Å². The molecule has 1 N–H and O–H groups in total. The zero-order chi connectivity index (χ0) is 16.8. The number of carbonyl (C=O) groups is 2. The molecule has 0 fully saturated rings. The molecule has 0 heterocycles. The lowest BCUT2D eigenvalue weighted by atomic mass is 10.1. The number of rotatable bonds is 5. The number of nitrogens with one attached hydrogen (secondary N) is 1. The van der Waals surface area contributed by atoms with E-state index in [-0.39, 0.29) is 12.3 Å². The predicted molar refractivity (Wildman–Crippen MR) is 91.2 cm³/mol. The van der Waals surface area contributed by atoms with Gasteiger partial charge >= 0.3 is 5.97 Å². The molecule has 23 heavy (non-hydrogen) atoms.